The fourth-order valence-corrected chi connectivity index (χ4v) is 4.67. The zero-order chi connectivity index (χ0) is 24.4. The second-order valence-corrected chi connectivity index (χ2v) is 8.83. The highest BCUT2D eigenvalue weighted by Crippen LogP contribution is 2.34. The molecule has 35 heavy (non-hydrogen) atoms. The Hall–Kier alpha value is -3.92. The largest absolute Gasteiger partial charge is 0.497 e. The molecule has 1 aliphatic rings. The maximum Gasteiger partial charge on any atom is 0.253 e. The van der Waals surface area contributed by atoms with E-state index < -0.39 is 0 Å². The predicted octanol–water partition coefficient (Wildman–Crippen LogP) is 4.69. The summed E-state index contributed by atoms with van der Waals surface area (Å²) in [6.07, 6.45) is 2.11. The van der Waals surface area contributed by atoms with Crippen molar-refractivity contribution in [2.45, 2.75) is 17.6 Å². The molecule has 1 aliphatic heterocycles. The number of furan rings is 1. The molecule has 0 N–H and O–H groups in total. The van der Waals surface area contributed by atoms with Crippen molar-refractivity contribution in [3.63, 3.8) is 0 Å². The molecule has 1 amide bonds. The molecule has 0 fully saturated rings. The standard InChI is InChI=1S/C25H22FN5O3S/c1-30-24(18-6-3-4-7-19(18)26)27-28-25(30)35-15-23(32)31-21(22-8-5-13-34-22)14-20(29-31)16-9-11-17(33-2)12-10-16/h3-13,21H,14-15H2,1-2H3/t21-/m1/s1. The molecular weight excluding hydrogens is 469 g/mol. The summed E-state index contributed by atoms with van der Waals surface area (Å²) in [6, 6.07) is 17.2. The molecular formula is C25H22FN5O3S. The Morgan fingerprint density at radius 2 is 1.94 bits per heavy atom. The van der Waals surface area contributed by atoms with Crippen LogP contribution >= 0.6 is 11.8 Å². The van der Waals surface area contributed by atoms with Crippen molar-refractivity contribution >= 4 is 23.4 Å². The van der Waals surface area contributed by atoms with Gasteiger partial charge in [0.25, 0.3) is 5.91 Å². The molecule has 0 bridgehead atoms. The van der Waals surface area contributed by atoms with E-state index in [2.05, 4.69) is 15.3 Å². The Kier molecular flexibility index (Phi) is 6.37. The highest BCUT2D eigenvalue weighted by atomic mass is 32.2. The van der Waals surface area contributed by atoms with E-state index in [1.54, 1.807) is 49.3 Å². The van der Waals surface area contributed by atoms with Gasteiger partial charge in [0.15, 0.2) is 11.0 Å². The first-order chi connectivity index (χ1) is 17.0. The molecule has 0 saturated carbocycles. The number of hydrogen-bond donors (Lipinski definition) is 0. The average Bonchev–Trinajstić information content (AvgIpc) is 3.63. The number of nitrogens with zero attached hydrogens (tertiary/aromatic N) is 5. The van der Waals surface area contributed by atoms with Crippen LogP contribution in [0.3, 0.4) is 0 Å². The molecule has 0 spiro atoms. The molecule has 178 valence electrons. The topological polar surface area (TPSA) is 85.8 Å². The van der Waals surface area contributed by atoms with Gasteiger partial charge in [-0.2, -0.15) is 5.10 Å². The van der Waals surface area contributed by atoms with E-state index in [-0.39, 0.29) is 23.5 Å². The predicted molar refractivity (Wildman–Crippen MR) is 130 cm³/mol. The van der Waals surface area contributed by atoms with Crippen LogP contribution < -0.4 is 4.74 Å². The van der Waals surface area contributed by atoms with Crippen LogP contribution in [0.15, 0.2) is 81.6 Å². The van der Waals surface area contributed by atoms with Gasteiger partial charge in [-0.05, 0) is 54.1 Å². The Morgan fingerprint density at radius 3 is 2.66 bits per heavy atom. The van der Waals surface area contributed by atoms with Gasteiger partial charge in [-0.15, -0.1) is 10.2 Å². The summed E-state index contributed by atoms with van der Waals surface area (Å²) in [5, 5.41) is 14.9. The minimum Gasteiger partial charge on any atom is -0.497 e. The van der Waals surface area contributed by atoms with Crippen LogP contribution in [0.5, 0.6) is 5.75 Å². The molecule has 5 rings (SSSR count). The Morgan fingerprint density at radius 1 is 1.14 bits per heavy atom. The van der Waals surface area contributed by atoms with Crippen LogP contribution in [0, 0.1) is 5.82 Å². The van der Waals surface area contributed by atoms with Crippen molar-refractivity contribution < 1.29 is 18.3 Å². The number of carbonyl (C=O) groups excluding carboxylic acids is 1. The molecule has 0 aliphatic carbocycles. The van der Waals surface area contributed by atoms with Gasteiger partial charge < -0.3 is 13.7 Å². The average molecular weight is 492 g/mol. The van der Waals surface area contributed by atoms with E-state index in [9.17, 15) is 9.18 Å². The molecule has 0 radical (unpaired) electrons. The highest BCUT2D eigenvalue weighted by molar-refractivity contribution is 7.99. The number of amides is 1. The summed E-state index contributed by atoms with van der Waals surface area (Å²) in [5.41, 5.74) is 2.05. The number of rotatable bonds is 7. The summed E-state index contributed by atoms with van der Waals surface area (Å²) in [6.45, 7) is 0. The lowest BCUT2D eigenvalue weighted by Gasteiger charge is -2.19. The second kappa shape index (κ2) is 9.75. The molecule has 0 saturated heterocycles. The van der Waals surface area contributed by atoms with Crippen molar-refractivity contribution in [1.29, 1.82) is 0 Å². The molecule has 8 nitrogen and oxygen atoms in total. The van der Waals surface area contributed by atoms with Crippen molar-refractivity contribution in [1.82, 2.24) is 19.8 Å². The first-order valence-electron chi connectivity index (χ1n) is 10.9. The lowest BCUT2D eigenvalue weighted by atomic mass is 10.0. The lowest BCUT2D eigenvalue weighted by Crippen LogP contribution is -2.28. The molecule has 3 heterocycles. The van der Waals surface area contributed by atoms with Crippen molar-refractivity contribution in [2.24, 2.45) is 12.1 Å². The lowest BCUT2D eigenvalue weighted by molar-refractivity contribution is -0.130. The van der Waals surface area contributed by atoms with Crippen LogP contribution in [-0.4, -0.2) is 44.3 Å². The van der Waals surface area contributed by atoms with Gasteiger partial charge in [-0.3, -0.25) is 4.79 Å². The number of ether oxygens (including phenoxy) is 1. The Bertz CT molecular complexity index is 1370. The van der Waals surface area contributed by atoms with E-state index in [0.29, 0.717) is 28.7 Å². The third kappa shape index (κ3) is 4.57. The zero-order valence-electron chi connectivity index (χ0n) is 19.1. The van der Waals surface area contributed by atoms with E-state index in [0.717, 1.165) is 17.0 Å². The first-order valence-corrected chi connectivity index (χ1v) is 11.9. The summed E-state index contributed by atoms with van der Waals surface area (Å²) in [5.74, 6) is 1.31. The molecule has 0 unspecified atom stereocenters. The van der Waals surface area contributed by atoms with E-state index in [1.165, 1.54) is 22.8 Å². The zero-order valence-corrected chi connectivity index (χ0v) is 19.9. The van der Waals surface area contributed by atoms with E-state index in [1.807, 2.05) is 30.3 Å². The van der Waals surface area contributed by atoms with Gasteiger partial charge in [-0.25, -0.2) is 9.40 Å². The van der Waals surface area contributed by atoms with E-state index in [4.69, 9.17) is 9.15 Å². The van der Waals surface area contributed by atoms with Gasteiger partial charge in [0, 0.05) is 13.5 Å². The number of aromatic nitrogens is 3. The SMILES string of the molecule is COc1ccc(C2=NN(C(=O)CSc3nnc(-c4ccccc4F)n3C)[C@@H](c3ccco3)C2)cc1. The van der Waals surface area contributed by atoms with Gasteiger partial charge in [0.1, 0.15) is 23.4 Å². The van der Waals surface area contributed by atoms with Gasteiger partial charge in [-0.1, -0.05) is 23.9 Å². The number of hydrogen-bond acceptors (Lipinski definition) is 7. The molecule has 2 aromatic heterocycles. The number of hydrazone groups is 1. The second-order valence-electron chi connectivity index (χ2n) is 7.88. The molecule has 2 aromatic carbocycles. The minimum atomic E-state index is -0.380. The van der Waals surface area contributed by atoms with E-state index >= 15 is 0 Å². The summed E-state index contributed by atoms with van der Waals surface area (Å²) < 4.78 is 26.7. The minimum absolute atomic E-state index is 0.0832. The third-order valence-corrected chi connectivity index (χ3v) is 6.74. The van der Waals surface area contributed by atoms with Gasteiger partial charge in [0.05, 0.1) is 30.4 Å². The quantitative estimate of drug-likeness (QED) is 0.349. The summed E-state index contributed by atoms with van der Waals surface area (Å²) in [7, 11) is 3.36. The third-order valence-electron chi connectivity index (χ3n) is 5.74. The number of carbonyl (C=O) groups is 1. The van der Waals surface area contributed by atoms with Crippen LogP contribution in [0.2, 0.25) is 0 Å². The van der Waals surface area contributed by atoms with Crippen LogP contribution in [0.25, 0.3) is 11.4 Å². The van der Waals surface area contributed by atoms with Gasteiger partial charge >= 0.3 is 0 Å². The van der Waals surface area contributed by atoms with Crippen molar-refractivity contribution in [3.05, 3.63) is 84.1 Å². The van der Waals surface area contributed by atoms with Crippen LogP contribution in [0.1, 0.15) is 23.8 Å². The van der Waals surface area contributed by atoms with Gasteiger partial charge in [0.2, 0.25) is 0 Å². The monoisotopic (exact) mass is 491 g/mol. The van der Waals surface area contributed by atoms with Crippen molar-refractivity contribution in [2.75, 3.05) is 12.9 Å². The maximum atomic E-state index is 14.2. The fourth-order valence-electron chi connectivity index (χ4n) is 3.91. The Balaban J connectivity index is 1.35. The number of halogens is 1. The molecule has 10 heteroatoms. The highest BCUT2D eigenvalue weighted by Gasteiger charge is 2.35. The maximum absolute atomic E-state index is 14.2. The number of benzene rings is 2. The van der Waals surface area contributed by atoms with Crippen molar-refractivity contribution in [3.8, 4) is 17.1 Å². The number of thioether (sulfide) groups is 1. The molecule has 1 atom stereocenters. The number of methoxy groups -OCH3 is 1. The molecule has 4 aromatic rings. The first kappa shape index (κ1) is 22.9. The summed E-state index contributed by atoms with van der Waals surface area (Å²) >= 11 is 1.22. The Labute approximate surface area is 205 Å². The fraction of sp³-hybridized carbons (Fsp3) is 0.200. The van der Waals surface area contributed by atoms with Crippen LogP contribution in [-0.2, 0) is 11.8 Å². The van der Waals surface area contributed by atoms with Crippen LogP contribution in [0.4, 0.5) is 4.39 Å². The normalized spacial score (nSPS) is 15.3. The smallest absolute Gasteiger partial charge is 0.253 e. The summed E-state index contributed by atoms with van der Waals surface area (Å²) in [4.78, 5) is 13.3.